The van der Waals surface area contributed by atoms with E-state index in [0.29, 0.717) is 5.69 Å². The standard InChI is InChI=1S/C16H21FN2.C3H6/c1-4-19-10-12(5-8-16(19)11(2)3)14-9-13(18)6-7-15(14)17;1-3-2/h4,6-7,9,12H,1,5,8,10,18H2,2-3H3;3H,1H2,2H3. The maximum atomic E-state index is 13.9. The number of likely N-dealkylation sites (tertiary alicyclic amines) is 1. The molecule has 1 aliphatic heterocycles. The lowest BCUT2D eigenvalue weighted by Crippen LogP contribution is -2.29. The van der Waals surface area contributed by atoms with E-state index >= 15 is 0 Å². The van der Waals surface area contributed by atoms with Gasteiger partial charge in [-0.25, -0.2) is 4.39 Å². The van der Waals surface area contributed by atoms with Gasteiger partial charge in [-0.3, -0.25) is 0 Å². The first-order valence-corrected chi connectivity index (χ1v) is 7.62. The number of nitrogen functional groups attached to an aromatic ring is 1. The number of allylic oxidation sites excluding steroid dienone is 3. The highest BCUT2D eigenvalue weighted by atomic mass is 19.1. The number of piperidine rings is 1. The van der Waals surface area contributed by atoms with Crippen LogP contribution in [0.1, 0.15) is 45.1 Å². The van der Waals surface area contributed by atoms with Gasteiger partial charge in [-0.2, -0.15) is 0 Å². The van der Waals surface area contributed by atoms with Gasteiger partial charge in [0.25, 0.3) is 0 Å². The van der Waals surface area contributed by atoms with Crippen molar-refractivity contribution in [3.8, 4) is 0 Å². The number of rotatable bonds is 2. The Morgan fingerprint density at radius 2 is 2.00 bits per heavy atom. The first-order valence-electron chi connectivity index (χ1n) is 7.62. The zero-order valence-electron chi connectivity index (χ0n) is 13.9. The molecule has 2 rings (SSSR count). The van der Waals surface area contributed by atoms with Crippen LogP contribution < -0.4 is 5.73 Å². The van der Waals surface area contributed by atoms with Gasteiger partial charge in [-0.1, -0.05) is 18.2 Å². The van der Waals surface area contributed by atoms with E-state index in [-0.39, 0.29) is 11.7 Å². The normalized spacial score (nSPS) is 17.4. The Morgan fingerprint density at radius 3 is 2.55 bits per heavy atom. The fourth-order valence-electron chi connectivity index (χ4n) is 2.74. The Morgan fingerprint density at radius 1 is 1.36 bits per heavy atom. The summed E-state index contributed by atoms with van der Waals surface area (Å²) in [5.74, 6) is 0.00784. The van der Waals surface area contributed by atoms with E-state index < -0.39 is 0 Å². The zero-order chi connectivity index (χ0) is 16.7. The minimum atomic E-state index is -0.163. The molecular weight excluding hydrogens is 275 g/mol. The highest BCUT2D eigenvalue weighted by Gasteiger charge is 2.25. The van der Waals surface area contributed by atoms with Crippen molar-refractivity contribution in [1.82, 2.24) is 4.90 Å². The van der Waals surface area contributed by atoms with Crippen molar-refractivity contribution in [3.63, 3.8) is 0 Å². The van der Waals surface area contributed by atoms with Crippen LogP contribution in [-0.4, -0.2) is 11.4 Å². The van der Waals surface area contributed by atoms with Gasteiger partial charge in [0.2, 0.25) is 0 Å². The number of hydrogen-bond donors (Lipinski definition) is 1. The van der Waals surface area contributed by atoms with Crippen molar-refractivity contribution in [1.29, 1.82) is 0 Å². The van der Waals surface area contributed by atoms with Gasteiger partial charge in [0.15, 0.2) is 0 Å². The molecule has 2 nitrogen and oxygen atoms in total. The summed E-state index contributed by atoms with van der Waals surface area (Å²) in [6, 6.07) is 4.82. The molecule has 1 unspecified atom stereocenters. The van der Waals surface area contributed by atoms with Crippen LogP contribution in [-0.2, 0) is 0 Å². The fraction of sp³-hybridized carbons (Fsp3) is 0.368. The maximum absolute atomic E-state index is 13.9. The highest BCUT2D eigenvalue weighted by Crippen LogP contribution is 2.35. The molecule has 120 valence electrons. The van der Waals surface area contributed by atoms with E-state index in [1.807, 2.05) is 13.1 Å². The second kappa shape index (κ2) is 8.42. The summed E-state index contributed by atoms with van der Waals surface area (Å²) in [6.07, 6.45) is 5.48. The predicted molar refractivity (Wildman–Crippen MR) is 93.9 cm³/mol. The summed E-state index contributed by atoms with van der Waals surface area (Å²) < 4.78 is 13.9. The van der Waals surface area contributed by atoms with Gasteiger partial charge in [-0.15, -0.1) is 6.58 Å². The lowest BCUT2D eigenvalue weighted by atomic mass is 9.88. The zero-order valence-corrected chi connectivity index (χ0v) is 13.9. The van der Waals surface area contributed by atoms with Gasteiger partial charge in [-0.05, 0) is 63.6 Å². The van der Waals surface area contributed by atoms with Crippen LogP contribution in [0.5, 0.6) is 0 Å². The van der Waals surface area contributed by atoms with Crippen LogP contribution in [0, 0.1) is 5.82 Å². The van der Waals surface area contributed by atoms with Crippen LogP contribution in [0.15, 0.2) is 54.9 Å². The number of nitrogens with zero attached hydrogens (tertiary/aromatic N) is 1. The maximum Gasteiger partial charge on any atom is 0.126 e. The average molecular weight is 302 g/mol. The fourth-order valence-corrected chi connectivity index (χ4v) is 2.74. The van der Waals surface area contributed by atoms with Crippen molar-refractivity contribution in [3.05, 3.63) is 66.3 Å². The SMILES string of the molecule is C=CC.C=CN1CC(c2cc(N)ccc2F)CCC1=C(C)C. The van der Waals surface area contributed by atoms with Crippen LogP contribution in [0.25, 0.3) is 0 Å². The molecule has 1 saturated heterocycles. The Balaban J connectivity index is 0.000000745. The summed E-state index contributed by atoms with van der Waals surface area (Å²) in [5.41, 5.74) is 9.71. The second-order valence-electron chi connectivity index (χ2n) is 5.71. The summed E-state index contributed by atoms with van der Waals surface area (Å²) in [5, 5.41) is 0. The number of nitrogens with two attached hydrogens (primary N) is 1. The third-order valence-electron chi connectivity index (χ3n) is 3.75. The summed E-state index contributed by atoms with van der Waals surface area (Å²) in [4.78, 5) is 2.13. The summed E-state index contributed by atoms with van der Waals surface area (Å²) in [7, 11) is 0. The molecule has 0 aliphatic carbocycles. The molecule has 0 aromatic heterocycles. The van der Waals surface area contributed by atoms with E-state index in [9.17, 15) is 4.39 Å². The average Bonchev–Trinajstić information content (AvgIpc) is 2.49. The molecule has 3 heteroatoms. The van der Waals surface area contributed by atoms with Gasteiger partial charge < -0.3 is 10.6 Å². The molecule has 1 aromatic carbocycles. The summed E-state index contributed by atoms with van der Waals surface area (Å²) >= 11 is 0. The molecule has 0 bridgehead atoms. The number of hydrogen-bond acceptors (Lipinski definition) is 2. The van der Waals surface area contributed by atoms with Crippen molar-refractivity contribution in [2.75, 3.05) is 12.3 Å². The third kappa shape index (κ3) is 4.48. The van der Waals surface area contributed by atoms with E-state index in [1.54, 1.807) is 18.2 Å². The minimum absolute atomic E-state index is 0.163. The predicted octanol–water partition coefficient (Wildman–Crippen LogP) is 5.22. The number of anilines is 1. The molecule has 1 heterocycles. The molecule has 1 atom stereocenters. The lowest BCUT2D eigenvalue weighted by Gasteiger charge is -2.35. The molecule has 1 aliphatic rings. The Labute approximate surface area is 133 Å². The quantitative estimate of drug-likeness (QED) is 0.599. The molecule has 0 saturated carbocycles. The molecule has 22 heavy (non-hydrogen) atoms. The van der Waals surface area contributed by atoms with Crippen LogP contribution in [0.2, 0.25) is 0 Å². The molecule has 1 fully saturated rings. The first-order chi connectivity index (χ1) is 10.4. The van der Waals surface area contributed by atoms with Gasteiger partial charge in [0.05, 0.1) is 0 Å². The molecule has 0 amide bonds. The van der Waals surface area contributed by atoms with Crippen molar-refractivity contribution in [2.24, 2.45) is 0 Å². The van der Waals surface area contributed by atoms with Gasteiger partial charge in [0, 0.05) is 23.8 Å². The largest absolute Gasteiger partial charge is 0.399 e. The lowest BCUT2D eigenvalue weighted by molar-refractivity contribution is 0.334. The van der Waals surface area contributed by atoms with Crippen LogP contribution >= 0.6 is 0 Å². The van der Waals surface area contributed by atoms with E-state index in [0.717, 1.165) is 24.9 Å². The highest BCUT2D eigenvalue weighted by molar-refractivity contribution is 5.43. The molecule has 2 N–H and O–H groups in total. The Kier molecular flexibility index (Phi) is 6.90. The number of benzene rings is 1. The van der Waals surface area contributed by atoms with Crippen molar-refractivity contribution < 1.29 is 4.39 Å². The van der Waals surface area contributed by atoms with E-state index in [2.05, 4.69) is 31.9 Å². The Bertz CT molecular complexity index is 557. The topological polar surface area (TPSA) is 29.3 Å². The third-order valence-corrected chi connectivity index (χ3v) is 3.75. The van der Waals surface area contributed by atoms with E-state index in [4.69, 9.17) is 5.73 Å². The smallest absolute Gasteiger partial charge is 0.126 e. The van der Waals surface area contributed by atoms with Gasteiger partial charge >= 0.3 is 0 Å². The molecular formula is C19H27FN2. The molecule has 1 aromatic rings. The number of halogens is 1. The monoisotopic (exact) mass is 302 g/mol. The molecule has 0 spiro atoms. The summed E-state index contributed by atoms with van der Waals surface area (Å²) in [6.45, 7) is 14.1. The minimum Gasteiger partial charge on any atom is -0.399 e. The van der Waals surface area contributed by atoms with Crippen LogP contribution in [0.3, 0.4) is 0 Å². The van der Waals surface area contributed by atoms with Crippen molar-refractivity contribution in [2.45, 2.75) is 39.5 Å². The van der Waals surface area contributed by atoms with Crippen LogP contribution in [0.4, 0.5) is 10.1 Å². The van der Waals surface area contributed by atoms with Crippen molar-refractivity contribution >= 4 is 5.69 Å². The first kappa shape index (κ1) is 18.0. The second-order valence-corrected chi connectivity index (χ2v) is 5.71. The van der Waals surface area contributed by atoms with E-state index in [1.165, 1.54) is 17.3 Å². The molecule has 0 radical (unpaired) electrons. The van der Waals surface area contributed by atoms with Gasteiger partial charge in [0.1, 0.15) is 5.82 Å². The Hall–Kier alpha value is -2.03.